The molecule has 1 aliphatic rings. The van der Waals surface area contributed by atoms with E-state index in [2.05, 4.69) is 20.8 Å². The molecule has 1 amide bonds. The standard InChI is InChI=1S/C28H28ClN5O3S2/c1-37-27(36)25-21-9-5-6-10-22(21)39-26(25)31-24(35)15-16-38-28-33-32-23(34(28)20-7-3-2-4-8-20)17-30-19-13-11-18(29)12-14-19/h2-4,7-8,11-14,30H,5-6,9-10,15-17H2,1H3,(H,31,35). The Morgan fingerprint density at radius 3 is 2.62 bits per heavy atom. The first kappa shape index (κ1) is 27.2. The number of esters is 1. The number of hydrogen-bond donors (Lipinski definition) is 2. The van der Waals surface area contributed by atoms with Crippen LogP contribution in [0.15, 0.2) is 59.8 Å². The largest absolute Gasteiger partial charge is 0.465 e. The molecule has 0 fully saturated rings. The molecule has 0 radical (unpaired) electrons. The normalized spacial score (nSPS) is 12.6. The minimum atomic E-state index is -0.394. The van der Waals surface area contributed by atoms with Crippen LogP contribution < -0.4 is 10.6 Å². The number of thiophene rings is 1. The number of thioether (sulfide) groups is 1. The van der Waals surface area contributed by atoms with Crippen molar-refractivity contribution in [2.24, 2.45) is 0 Å². The summed E-state index contributed by atoms with van der Waals surface area (Å²) in [6.07, 6.45) is 4.16. The summed E-state index contributed by atoms with van der Waals surface area (Å²) in [6, 6.07) is 17.4. The maximum absolute atomic E-state index is 12.9. The predicted molar refractivity (Wildman–Crippen MR) is 156 cm³/mol. The lowest BCUT2D eigenvalue weighted by Crippen LogP contribution is -2.15. The highest BCUT2D eigenvalue weighted by atomic mass is 35.5. The highest BCUT2D eigenvalue weighted by Gasteiger charge is 2.27. The fourth-order valence-electron chi connectivity index (χ4n) is 4.49. The van der Waals surface area contributed by atoms with E-state index in [1.165, 1.54) is 35.1 Å². The van der Waals surface area contributed by atoms with Crippen molar-refractivity contribution in [1.82, 2.24) is 14.8 Å². The van der Waals surface area contributed by atoms with Crippen molar-refractivity contribution in [2.75, 3.05) is 23.5 Å². The Morgan fingerprint density at radius 2 is 1.85 bits per heavy atom. The molecule has 5 rings (SSSR count). The average Bonchev–Trinajstić information content (AvgIpc) is 3.53. The van der Waals surface area contributed by atoms with E-state index < -0.39 is 5.97 Å². The van der Waals surface area contributed by atoms with Gasteiger partial charge in [0.25, 0.3) is 0 Å². The second-order valence-electron chi connectivity index (χ2n) is 8.98. The van der Waals surface area contributed by atoms with Gasteiger partial charge in [-0.05, 0) is 67.6 Å². The molecule has 39 heavy (non-hydrogen) atoms. The van der Waals surface area contributed by atoms with E-state index in [-0.39, 0.29) is 12.3 Å². The summed E-state index contributed by atoms with van der Waals surface area (Å²) in [5, 5.41) is 17.1. The molecule has 0 saturated heterocycles. The Labute approximate surface area is 240 Å². The van der Waals surface area contributed by atoms with Gasteiger partial charge in [0.15, 0.2) is 11.0 Å². The number of carbonyl (C=O) groups excluding carboxylic acids is 2. The van der Waals surface area contributed by atoms with Crippen molar-refractivity contribution in [3.63, 3.8) is 0 Å². The number of nitrogens with zero attached hydrogens (tertiary/aromatic N) is 3. The van der Waals surface area contributed by atoms with Gasteiger partial charge in [-0.15, -0.1) is 21.5 Å². The van der Waals surface area contributed by atoms with Crippen LogP contribution in [0.2, 0.25) is 5.02 Å². The minimum Gasteiger partial charge on any atom is -0.465 e. The second kappa shape index (κ2) is 12.7. The van der Waals surface area contributed by atoms with Crippen molar-refractivity contribution >= 4 is 57.3 Å². The highest BCUT2D eigenvalue weighted by molar-refractivity contribution is 7.99. The molecule has 1 aliphatic carbocycles. The maximum atomic E-state index is 12.9. The fraction of sp³-hybridized carbons (Fsp3) is 0.286. The van der Waals surface area contributed by atoms with Crippen LogP contribution in [-0.4, -0.2) is 39.5 Å². The van der Waals surface area contributed by atoms with Crippen molar-refractivity contribution in [1.29, 1.82) is 0 Å². The zero-order valence-electron chi connectivity index (χ0n) is 21.4. The van der Waals surface area contributed by atoms with Gasteiger partial charge in [-0.3, -0.25) is 9.36 Å². The number of halogens is 1. The fourth-order valence-corrected chi connectivity index (χ4v) is 6.82. The van der Waals surface area contributed by atoms with Crippen molar-refractivity contribution in [3.8, 4) is 5.69 Å². The van der Waals surface area contributed by atoms with Crippen LogP contribution in [0.5, 0.6) is 0 Å². The summed E-state index contributed by atoms with van der Waals surface area (Å²) in [7, 11) is 1.37. The first-order valence-corrected chi connectivity index (χ1v) is 14.9. The Kier molecular flexibility index (Phi) is 8.85. The maximum Gasteiger partial charge on any atom is 0.341 e. The summed E-state index contributed by atoms with van der Waals surface area (Å²) in [4.78, 5) is 26.5. The van der Waals surface area contributed by atoms with Crippen LogP contribution in [0.25, 0.3) is 5.69 Å². The van der Waals surface area contributed by atoms with E-state index in [0.29, 0.717) is 33.0 Å². The van der Waals surface area contributed by atoms with Gasteiger partial charge >= 0.3 is 5.97 Å². The predicted octanol–water partition coefficient (Wildman–Crippen LogP) is 6.38. The second-order valence-corrected chi connectivity index (χ2v) is 11.6. The smallest absolute Gasteiger partial charge is 0.341 e. The lowest BCUT2D eigenvalue weighted by molar-refractivity contribution is -0.115. The zero-order valence-corrected chi connectivity index (χ0v) is 23.8. The number of ether oxygens (including phenoxy) is 1. The van der Waals surface area contributed by atoms with Gasteiger partial charge in [0, 0.05) is 33.4 Å². The molecule has 2 heterocycles. The molecular formula is C28H28ClN5O3S2. The number of rotatable bonds is 10. The molecule has 4 aromatic rings. The van der Waals surface area contributed by atoms with E-state index in [0.717, 1.165) is 48.4 Å². The number of anilines is 2. The van der Waals surface area contributed by atoms with Crippen molar-refractivity contribution < 1.29 is 14.3 Å². The summed E-state index contributed by atoms with van der Waals surface area (Å²) < 4.78 is 7.01. The minimum absolute atomic E-state index is 0.151. The molecule has 0 unspecified atom stereocenters. The molecule has 0 spiro atoms. The number of aromatic nitrogens is 3. The van der Waals surface area contributed by atoms with Crippen molar-refractivity contribution in [2.45, 2.75) is 43.8 Å². The number of benzene rings is 2. The van der Waals surface area contributed by atoms with E-state index in [1.807, 2.05) is 59.2 Å². The molecule has 0 aliphatic heterocycles. The van der Waals surface area contributed by atoms with Crippen LogP contribution >= 0.6 is 34.7 Å². The molecule has 0 atom stereocenters. The molecule has 2 N–H and O–H groups in total. The average molecular weight is 582 g/mol. The topological polar surface area (TPSA) is 98.1 Å². The lowest BCUT2D eigenvalue weighted by atomic mass is 9.95. The summed E-state index contributed by atoms with van der Waals surface area (Å²) in [6.45, 7) is 0.462. The van der Waals surface area contributed by atoms with E-state index in [1.54, 1.807) is 0 Å². The number of fused-ring (bicyclic) bond motifs is 1. The molecule has 11 heteroatoms. The lowest BCUT2D eigenvalue weighted by Gasteiger charge is -2.12. The SMILES string of the molecule is COC(=O)c1c(NC(=O)CCSc2nnc(CNc3ccc(Cl)cc3)n2-c2ccccc2)sc2c1CCCC2. The molecule has 8 nitrogen and oxygen atoms in total. The molecule has 202 valence electrons. The summed E-state index contributed by atoms with van der Waals surface area (Å²) in [5.41, 5.74) is 3.40. The third-order valence-electron chi connectivity index (χ3n) is 6.38. The first-order valence-electron chi connectivity index (χ1n) is 12.7. The Morgan fingerprint density at radius 1 is 1.08 bits per heavy atom. The summed E-state index contributed by atoms with van der Waals surface area (Å²) >= 11 is 8.95. The van der Waals surface area contributed by atoms with Crippen LogP contribution in [0.3, 0.4) is 0 Å². The van der Waals surface area contributed by atoms with E-state index in [4.69, 9.17) is 16.3 Å². The quantitative estimate of drug-likeness (QED) is 0.166. The summed E-state index contributed by atoms with van der Waals surface area (Å²) in [5.74, 6) is 0.700. The van der Waals surface area contributed by atoms with Crippen LogP contribution in [0.4, 0.5) is 10.7 Å². The van der Waals surface area contributed by atoms with Gasteiger partial charge < -0.3 is 15.4 Å². The number of methoxy groups -OCH3 is 1. The molecule has 2 aromatic heterocycles. The van der Waals surface area contributed by atoms with E-state index in [9.17, 15) is 9.59 Å². The van der Waals surface area contributed by atoms with Gasteiger partial charge in [0.1, 0.15) is 5.00 Å². The molecule has 0 saturated carbocycles. The number of hydrogen-bond acceptors (Lipinski definition) is 8. The third-order valence-corrected chi connectivity index (χ3v) is 8.77. The highest BCUT2D eigenvalue weighted by Crippen LogP contribution is 2.38. The van der Waals surface area contributed by atoms with Gasteiger partial charge in [0.2, 0.25) is 5.91 Å². The Hall–Kier alpha value is -3.34. The number of carbonyl (C=O) groups is 2. The number of para-hydroxylation sites is 1. The molecule has 0 bridgehead atoms. The number of nitrogens with one attached hydrogen (secondary N) is 2. The van der Waals surface area contributed by atoms with Gasteiger partial charge in [-0.2, -0.15) is 0 Å². The van der Waals surface area contributed by atoms with Crippen LogP contribution in [0.1, 0.15) is 45.9 Å². The molecular weight excluding hydrogens is 554 g/mol. The zero-order chi connectivity index (χ0) is 27.2. The molecule has 2 aromatic carbocycles. The number of aryl methyl sites for hydroxylation is 1. The first-order chi connectivity index (χ1) is 19.0. The van der Waals surface area contributed by atoms with Gasteiger partial charge in [-0.25, -0.2) is 4.79 Å². The number of amides is 1. The Balaban J connectivity index is 1.26. The van der Waals surface area contributed by atoms with E-state index >= 15 is 0 Å². The van der Waals surface area contributed by atoms with Gasteiger partial charge in [0.05, 0.1) is 19.2 Å². The van der Waals surface area contributed by atoms with Crippen molar-refractivity contribution in [3.05, 3.63) is 81.4 Å². The van der Waals surface area contributed by atoms with Gasteiger partial charge in [-0.1, -0.05) is 41.6 Å². The van der Waals surface area contributed by atoms with Crippen LogP contribution in [0, 0.1) is 0 Å². The third kappa shape index (κ3) is 6.46. The Bertz CT molecular complexity index is 1450. The monoisotopic (exact) mass is 581 g/mol. The van der Waals surface area contributed by atoms with Crippen LogP contribution in [-0.2, 0) is 28.9 Å².